The average molecular weight is 180 g/mol. The Morgan fingerprint density at radius 1 is 1.54 bits per heavy atom. The number of carbonyl (C=O) groups excluding carboxylic acids is 1. The Hall–Kier alpha value is -1.23. The first kappa shape index (κ1) is 8.37. The third-order valence-corrected chi connectivity index (χ3v) is 2.47. The van der Waals surface area contributed by atoms with Gasteiger partial charge in [-0.15, -0.1) is 10.2 Å². The zero-order valence-electron chi connectivity index (χ0n) is 7.74. The molecular weight excluding hydrogens is 168 g/mol. The number of nitrogens with one attached hydrogen (secondary N) is 1. The summed E-state index contributed by atoms with van der Waals surface area (Å²) in [6.45, 7) is 3.37. The fourth-order valence-electron chi connectivity index (χ4n) is 1.28. The molecule has 2 rings (SSSR count). The molecule has 0 aromatic carbocycles. The van der Waals surface area contributed by atoms with E-state index in [1.165, 1.54) is 0 Å². The lowest BCUT2D eigenvalue weighted by Crippen LogP contribution is -2.47. The molecule has 1 aromatic rings. The van der Waals surface area contributed by atoms with Gasteiger partial charge in [0, 0.05) is 20.1 Å². The van der Waals surface area contributed by atoms with E-state index in [1.54, 1.807) is 4.57 Å². The fraction of sp³-hybridized carbons (Fsp3) is 0.625. The molecule has 0 aliphatic carbocycles. The van der Waals surface area contributed by atoms with Crippen molar-refractivity contribution >= 4 is 5.78 Å². The number of hydrogen-bond acceptors (Lipinski definition) is 4. The Morgan fingerprint density at radius 2 is 2.23 bits per heavy atom. The Labute approximate surface area is 76.2 Å². The Kier molecular flexibility index (Phi) is 1.88. The molecule has 0 atom stereocenters. The van der Waals surface area contributed by atoms with Crippen molar-refractivity contribution in [2.45, 2.75) is 6.92 Å². The highest BCUT2D eigenvalue weighted by Crippen LogP contribution is 2.10. The lowest BCUT2D eigenvalue weighted by Gasteiger charge is -2.24. The van der Waals surface area contributed by atoms with Crippen LogP contribution in [0.15, 0.2) is 0 Å². The minimum Gasteiger partial charge on any atom is -0.315 e. The van der Waals surface area contributed by atoms with E-state index in [9.17, 15) is 4.79 Å². The summed E-state index contributed by atoms with van der Waals surface area (Å²) in [4.78, 5) is 11.7. The highest BCUT2D eigenvalue weighted by Gasteiger charge is 2.29. The van der Waals surface area contributed by atoms with Gasteiger partial charge in [0.25, 0.3) is 0 Å². The number of rotatable bonds is 2. The molecule has 0 radical (unpaired) electrons. The van der Waals surface area contributed by atoms with Crippen LogP contribution in [0.4, 0.5) is 0 Å². The first-order valence-electron chi connectivity index (χ1n) is 4.31. The number of Topliss-reactive ketones (excluding diaryl/α,β-unsaturated/α-hetero) is 1. The van der Waals surface area contributed by atoms with E-state index in [0.29, 0.717) is 5.82 Å². The van der Waals surface area contributed by atoms with Gasteiger partial charge < -0.3 is 9.88 Å². The second-order valence-electron chi connectivity index (χ2n) is 3.35. The van der Waals surface area contributed by atoms with E-state index >= 15 is 0 Å². The van der Waals surface area contributed by atoms with Crippen LogP contribution in [0.25, 0.3) is 0 Å². The van der Waals surface area contributed by atoms with Crippen molar-refractivity contribution in [3.63, 3.8) is 0 Å². The van der Waals surface area contributed by atoms with Crippen LogP contribution in [-0.2, 0) is 7.05 Å². The largest absolute Gasteiger partial charge is 0.315 e. The smallest absolute Gasteiger partial charge is 0.205 e. The number of nitrogens with zero attached hydrogens (tertiary/aromatic N) is 3. The monoisotopic (exact) mass is 180 g/mol. The van der Waals surface area contributed by atoms with Crippen LogP contribution in [0.1, 0.15) is 16.4 Å². The van der Waals surface area contributed by atoms with Gasteiger partial charge in [-0.2, -0.15) is 0 Å². The van der Waals surface area contributed by atoms with Gasteiger partial charge in [-0.1, -0.05) is 0 Å². The number of carbonyl (C=O) groups is 1. The van der Waals surface area contributed by atoms with Crippen LogP contribution in [0.3, 0.4) is 0 Å². The third kappa shape index (κ3) is 1.25. The summed E-state index contributed by atoms with van der Waals surface area (Å²) in [5.74, 6) is 1.45. The topological polar surface area (TPSA) is 59.8 Å². The molecule has 1 aliphatic rings. The van der Waals surface area contributed by atoms with Crippen molar-refractivity contribution in [1.82, 2.24) is 20.1 Å². The summed E-state index contributed by atoms with van der Waals surface area (Å²) in [6.07, 6.45) is 0. The van der Waals surface area contributed by atoms with Crippen molar-refractivity contribution in [2.24, 2.45) is 13.0 Å². The maximum atomic E-state index is 11.7. The molecule has 0 unspecified atom stereocenters. The van der Waals surface area contributed by atoms with E-state index in [2.05, 4.69) is 15.5 Å². The predicted molar refractivity (Wildman–Crippen MR) is 46.4 cm³/mol. The normalized spacial score (nSPS) is 17.1. The molecule has 0 bridgehead atoms. The second kappa shape index (κ2) is 2.92. The zero-order valence-corrected chi connectivity index (χ0v) is 7.74. The lowest BCUT2D eigenvalue weighted by molar-refractivity contribution is 0.0863. The van der Waals surface area contributed by atoms with Crippen molar-refractivity contribution in [1.29, 1.82) is 0 Å². The van der Waals surface area contributed by atoms with Crippen molar-refractivity contribution in [3.8, 4) is 0 Å². The molecular formula is C8H12N4O. The summed E-state index contributed by atoms with van der Waals surface area (Å²) in [6, 6.07) is 0. The molecule has 0 saturated carbocycles. The molecule has 1 N–H and O–H groups in total. The maximum absolute atomic E-state index is 11.7. The lowest BCUT2D eigenvalue weighted by atomic mass is 9.97. The minimum absolute atomic E-state index is 0.0989. The summed E-state index contributed by atoms with van der Waals surface area (Å²) in [5.41, 5.74) is 0. The molecule has 1 fully saturated rings. The van der Waals surface area contributed by atoms with Gasteiger partial charge in [-0.3, -0.25) is 4.79 Å². The molecule has 2 heterocycles. The number of aryl methyl sites for hydroxylation is 1. The van der Waals surface area contributed by atoms with Gasteiger partial charge >= 0.3 is 0 Å². The summed E-state index contributed by atoms with van der Waals surface area (Å²) < 4.78 is 1.74. The Balaban J connectivity index is 2.24. The number of aromatic nitrogens is 3. The van der Waals surface area contributed by atoms with Crippen molar-refractivity contribution < 1.29 is 4.79 Å². The SMILES string of the molecule is Cc1nnc(C(=O)C2CNC2)n1C. The molecule has 0 amide bonds. The third-order valence-electron chi connectivity index (χ3n) is 2.47. The number of hydrogen-bond donors (Lipinski definition) is 1. The van der Waals surface area contributed by atoms with E-state index in [-0.39, 0.29) is 11.7 Å². The molecule has 1 aromatic heterocycles. The van der Waals surface area contributed by atoms with Crippen LogP contribution in [0.5, 0.6) is 0 Å². The quantitative estimate of drug-likeness (QED) is 0.625. The van der Waals surface area contributed by atoms with Crippen LogP contribution < -0.4 is 5.32 Å². The molecule has 70 valence electrons. The standard InChI is InChI=1S/C8H12N4O/c1-5-10-11-8(12(5)2)7(13)6-3-9-4-6/h6,9H,3-4H2,1-2H3. The highest BCUT2D eigenvalue weighted by atomic mass is 16.1. The molecule has 0 spiro atoms. The van der Waals surface area contributed by atoms with Crippen molar-refractivity contribution in [2.75, 3.05) is 13.1 Å². The van der Waals surface area contributed by atoms with Gasteiger partial charge in [-0.25, -0.2) is 0 Å². The molecule has 5 nitrogen and oxygen atoms in total. The number of ketones is 1. The van der Waals surface area contributed by atoms with Crippen LogP contribution in [0, 0.1) is 12.8 Å². The molecule has 1 saturated heterocycles. The molecule has 13 heavy (non-hydrogen) atoms. The summed E-state index contributed by atoms with van der Waals surface area (Å²) in [5, 5.41) is 10.8. The van der Waals surface area contributed by atoms with Crippen LogP contribution >= 0.6 is 0 Å². The van der Waals surface area contributed by atoms with E-state index in [1.807, 2.05) is 14.0 Å². The fourth-order valence-corrected chi connectivity index (χ4v) is 1.28. The first-order valence-corrected chi connectivity index (χ1v) is 4.31. The molecule has 5 heteroatoms. The summed E-state index contributed by atoms with van der Waals surface area (Å²) in [7, 11) is 1.81. The van der Waals surface area contributed by atoms with E-state index < -0.39 is 0 Å². The average Bonchev–Trinajstić information content (AvgIpc) is 2.29. The Morgan fingerprint density at radius 3 is 2.62 bits per heavy atom. The minimum atomic E-state index is 0.0989. The zero-order chi connectivity index (χ0) is 9.42. The maximum Gasteiger partial charge on any atom is 0.205 e. The first-order chi connectivity index (χ1) is 6.20. The highest BCUT2D eigenvalue weighted by molar-refractivity contribution is 5.95. The van der Waals surface area contributed by atoms with Gasteiger partial charge in [0.2, 0.25) is 5.78 Å². The molecule has 1 aliphatic heterocycles. The van der Waals surface area contributed by atoms with Gasteiger partial charge in [0.1, 0.15) is 5.82 Å². The second-order valence-corrected chi connectivity index (χ2v) is 3.35. The van der Waals surface area contributed by atoms with E-state index in [4.69, 9.17) is 0 Å². The van der Waals surface area contributed by atoms with Gasteiger partial charge in [0.15, 0.2) is 5.82 Å². The van der Waals surface area contributed by atoms with Crippen LogP contribution in [0.2, 0.25) is 0 Å². The predicted octanol–water partition coefficient (Wildman–Crippen LogP) is -0.474. The summed E-state index contributed by atoms with van der Waals surface area (Å²) >= 11 is 0. The Bertz CT molecular complexity index is 340. The van der Waals surface area contributed by atoms with Crippen molar-refractivity contribution in [3.05, 3.63) is 11.6 Å². The van der Waals surface area contributed by atoms with Crippen LogP contribution in [-0.4, -0.2) is 33.6 Å². The van der Waals surface area contributed by atoms with Gasteiger partial charge in [0.05, 0.1) is 5.92 Å². The van der Waals surface area contributed by atoms with E-state index in [0.717, 1.165) is 18.9 Å². The van der Waals surface area contributed by atoms with Gasteiger partial charge in [-0.05, 0) is 6.92 Å².